The SMILES string of the molecule is Cc1csc(Nc2ncc(SCC(=O)C3CCNCC3)cc2Oc2ccccc2)n1. The van der Waals surface area contributed by atoms with Gasteiger partial charge in [0.15, 0.2) is 16.7 Å². The molecule has 3 heterocycles. The monoisotopic (exact) mass is 440 g/mol. The standard InChI is InChI=1S/C22H24N4O2S2/c1-15-13-30-22(25-15)26-21-20(28-17-5-3-2-4-6-17)11-18(12-24-21)29-14-19(27)16-7-9-23-10-8-16/h2-6,11-13,16,23H,7-10,14H2,1H3,(H,24,25,26). The molecule has 1 fully saturated rings. The van der Waals surface area contributed by atoms with Crippen LogP contribution in [0.25, 0.3) is 0 Å². The molecular formula is C22H24N4O2S2. The Hall–Kier alpha value is -2.42. The Balaban J connectivity index is 1.50. The van der Waals surface area contributed by atoms with Crippen LogP contribution >= 0.6 is 23.1 Å². The van der Waals surface area contributed by atoms with Crippen molar-refractivity contribution >= 4 is 39.8 Å². The third-order valence-electron chi connectivity index (χ3n) is 4.82. The molecule has 8 heteroatoms. The Bertz CT molecular complexity index is 988. The second kappa shape index (κ2) is 10.1. The van der Waals surface area contributed by atoms with Crippen molar-refractivity contribution in [1.82, 2.24) is 15.3 Å². The molecule has 1 aliphatic rings. The van der Waals surface area contributed by atoms with Crippen LogP contribution in [0.5, 0.6) is 11.5 Å². The van der Waals surface area contributed by atoms with Crippen LogP contribution in [0.3, 0.4) is 0 Å². The number of carbonyl (C=O) groups is 1. The van der Waals surface area contributed by atoms with Crippen molar-refractivity contribution < 1.29 is 9.53 Å². The maximum atomic E-state index is 12.5. The van der Waals surface area contributed by atoms with Gasteiger partial charge in [0.1, 0.15) is 11.5 Å². The normalized spacial score (nSPS) is 14.4. The average molecular weight is 441 g/mol. The van der Waals surface area contributed by atoms with Crippen LogP contribution in [0, 0.1) is 12.8 Å². The number of thioether (sulfide) groups is 1. The highest BCUT2D eigenvalue weighted by Crippen LogP contribution is 2.34. The van der Waals surface area contributed by atoms with Gasteiger partial charge in [0, 0.05) is 22.4 Å². The minimum absolute atomic E-state index is 0.167. The van der Waals surface area contributed by atoms with Gasteiger partial charge in [-0.25, -0.2) is 9.97 Å². The summed E-state index contributed by atoms with van der Waals surface area (Å²) in [4.78, 5) is 22.4. The molecule has 4 rings (SSSR count). The molecule has 30 heavy (non-hydrogen) atoms. The molecular weight excluding hydrogens is 416 g/mol. The highest BCUT2D eigenvalue weighted by atomic mass is 32.2. The van der Waals surface area contributed by atoms with E-state index < -0.39 is 0 Å². The molecule has 1 saturated heterocycles. The molecule has 156 valence electrons. The lowest BCUT2D eigenvalue weighted by Crippen LogP contribution is -2.32. The zero-order valence-corrected chi connectivity index (χ0v) is 18.4. The van der Waals surface area contributed by atoms with E-state index in [9.17, 15) is 4.79 Å². The third-order valence-corrected chi connectivity index (χ3v) is 6.68. The van der Waals surface area contributed by atoms with E-state index in [0.717, 1.165) is 47.4 Å². The Morgan fingerprint density at radius 3 is 2.83 bits per heavy atom. The number of ketones is 1. The molecule has 0 spiro atoms. The van der Waals surface area contributed by atoms with Crippen LogP contribution in [0.1, 0.15) is 18.5 Å². The number of hydrogen-bond donors (Lipinski definition) is 2. The van der Waals surface area contributed by atoms with Gasteiger partial charge in [-0.05, 0) is 51.1 Å². The van der Waals surface area contributed by atoms with E-state index in [1.165, 1.54) is 23.1 Å². The summed E-state index contributed by atoms with van der Waals surface area (Å²) in [5, 5.41) is 9.30. The van der Waals surface area contributed by atoms with Crippen molar-refractivity contribution in [3.8, 4) is 11.5 Å². The maximum absolute atomic E-state index is 12.5. The van der Waals surface area contributed by atoms with Gasteiger partial charge in [-0.2, -0.15) is 0 Å². The summed E-state index contributed by atoms with van der Waals surface area (Å²) in [5.74, 6) is 2.87. The van der Waals surface area contributed by atoms with Crippen LogP contribution in [-0.4, -0.2) is 34.6 Å². The predicted molar refractivity (Wildman–Crippen MR) is 122 cm³/mol. The molecule has 2 aromatic heterocycles. The van der Waals surface area contributed by atoms with Crippen molar-refractivity contribution in [2.75, 3.05) is 24.2 Å². The maximum Gasteiger partial charge on any atom is 0.188 e. The lowest BCUT2D eigenvalue weighted by Gasteiger charge is -2.21. The highest BCUT2D eigenvalue weighted by molar-refractivity contribution is 8.00. The smallest absolute Gasteiger partial charge is 0.188 e. The number of benzene rings is 1. The van der Waals surface area contributed by atoms with Crippen LogP contribution in [0.4, 0.5) is 10.9 Å². The first-order valence-corrected chi connectivity index (χ1v) is 11.8. The van der Waals surface area contributed by atoms with Gasteiger partial charge in [0.2, 0.25) is 0 Å². The third kappa shape index (κ3) is 5.59. The number of para-hydroxylation sites is 1. The molecule has 6 nitrogen and oxygen atoms in total. The summed E-state index contributed by atoms with van der Waals surface area (Å²) >= 11 is 3.03. The zero-order chi connectivity index (χ0) is 20.8. The molecule has 1 aromatic carbocycles. The fourth-order valence-corrected chi connectivity index (χ4v) is 4.77. The molecule has 0 aliphatic carbocycles. The number of hydrogen-bond acceptors (Lipinski definition) is 8. The molecule has 0 amide bonds. The van der Waals surface area contributed by atoms with Crippen LogP contribution in [0.15, 0.2) is 52.9 Å². The fourth-order valence-electron chi connectivity index (χ4n) is 3.22. The van der Waals surface area contributed by atoms with Gasteiger partial charge >= 0.3 is 0 Å². The van der Waals surface area contributed by atoms with Gasteiger partial charge < -0.3 is 15.4 Å². The molecule has 0 saturated carbocycles. The minimum atomic E-state index is 0.167. The first kappa shape index (κ1) is 20.8. The van der Waals surface area contributed by atoms with E-state index in [4.69, 9.17) is 4.74 Å². The van der Waals surface area contributed by atoms with Gasteiger partial charge in [0.05, 0.1) is 11.4 Å². The summed E-state index contributed by atoms with van der Waals surface area (Å²) < 4.78 is 6.10. The molecule has 2 N–H and O–H groups in total. The van der Waals surface area contributed by atoms with Gasteiger partial charge in [-0.3, -0.25) is 4.79 Å². The molecule has 0 radical (unpaired) electrons. The minimum Gasteiger partial charge on any atom is -0.453 e. The van der Waals surface area contributed by atoms with Crippen LogP contribution in [0.2, 0.25) is 0 Å². The predicted octanol–water partition coefficient (Wildman–Crippen LogP) is 5.04. The Morgan fingerprint density at radius 2 is 2.10 bits per heavy atom. The number of thiazole rings is 1. The lowest BCUT2D eigenvalue weighted by molar-refractivity contribution is -0.121. The Morgan fingerprint density at radius 1 is 1.30 bits per heavy atom. The van der Waals surface area contributed by atoms with Gasteiger partial charge in [-0.15, -0.1) is 23.1 Å². The van der Waals surface area contributed by atoms with Crippen LogP contribution in [-0.2, 0) is 4.79 Å². The number of pyridine rings is 1. The van der Waals surface area contributed by atoms with Crippen molar-refractivity contribution in [3.63, 3.8) is 0 Å². The number of ether oxygens (including phenoxy) is 1. The first-order chi connectivity index (χ1) is 14.7. The molecule has 3 aromatic rings. The molecule has 0 unspecified atom stereocenters. The van der Waals surface area contributed by atoms with Crippen molar-refractivity contribution in [2.24, 2.45) is 5.92 Å². The number of anilines is 2. The summed E-state index contributed by atoms with van der Waals surface area (Å²) in [7, 11) is 0. The summed E-state index contributed by atoms with van der Waals surface area (Å²) in [6.07, 6.45) is 3.63. The van der Waals surface area contributed by atoms with E-state index in [1.807, 2.05) is 48.7 Å². The van der Waals surface area contributed by atoms with E-state index in [1.54, 1.807) is 6.20 Å². The van der Waals surface area contributed by atoms with Gasteiger partial charge in [0.25, 0.3) is 0 Å². The number of Topliss-reactive ketones (excluding diaryl/α,β-unsaturated/α-hetero) is 1. The Kier molecular flexibility index (Phi) is 6.99. The molecule has 0 bridgehead atoms. The quantitative estimate of drug-likeness (QED) is 0.475. The lowest BCUT2D eigenvalue weighted by atomic mass is 9.94. The molecule has 0 atom stereocenters. The molecule has 1 aliphatic heterocycles. The zero-order valence-electron chi connectivity index (χ0n) is 16.8. The van der Waals surface area contributed by atoms with E-state index >= 15 is 0 Å². The van der Waals surface area contributed by atoms with Crippen molar-refractivity contribution in [2.45, 2.75) is 24.7 Å². The number of carbonyl (C=O) groups excluding carboxylic acids is 1. The number of nitrogens with zero attached hydrogens (tertiary/aromatic N) is 2. The highest BCUT2D eigenvalue weighted by Gasteiger charge is 2.21. The van der Waals surface area contributed by atoms with Crippen molar-refractivity contribution in [3.05, 3.63) is 53.7 Å². The number of rotatable bonds is 8. The first-order valence-electron chi connectivity index (χ1n) is 9.96. The van der Waals surface area contributed by atoms with Gasteiger partial charge in [-0.1, -0.05) is 18.2 Å². The number of aryl methyl sites for hydroxylation is 1. The topological polar surface area (TPSA) is 76.1 Å². The van der Waals surface area contributed by atoms with E-state index in [0.29, 0.717) is 23.1 Å². The fraction of sp³-hybridized carbons (Fsp3) is 0.318. The average Bonchev–Trinajstić information content (AvgIpc) is 3.19. The Labute approximate surface area is 184 Å². The summed E-state index contributed by atoms with van der Waals surface area (Å²) in [5.41, 5.74) is 0.955. The number of piperidine rings is 1. The number of nitrogens with one attached hydrogen (secondary N) is 2. The van der Waals surface area contributed by atoms with Crippen molar-refractivity contribution in [1.29, 1.82) is 0 Å². The van der Waals surface area contributed by atoms with Crippen LogP contribution < -0.4 is 15.4 Å². The summed E-state index contributed by atoms with van der Waals surface area (Å²) in [6.45, 7) is 3.80. The van der Waals surface area contributed by atoms with E-state index in [2.05, 4.69) is 20.6 Å². The number of aromatic nitrogens is 2. The second-order valence-corrected chi connectivity index (χ2v) is 9.04. The summed E-state index contributed by atoms with van der Waals surface area (Å²) in [6, 6.07) is 11.5. The second-order valence-electron chi connectivity index (χ2n) is 7.13. The largest absolute Gasteiger partial charge is 0.453 e. The van der Waals surface area contributed by atoms with E-state index in [-0.39, 0.29) is 5.92 Å².